The lowest BCUT2D eigenvalue weighted by molar-refractivity contribution is 0.102. The molecule has 3 aromatic rings. The van der Waals surface area contributed by atoms with Gasteiger partial charge < -0.3 is 19.3 Å². The Morgan fingerprint density at radius 1 is 1.00 bits per heavy atom. The third-order valence-corrected chi connectivity index (χ3v) is 5.18. The summed E-state index contributed by atoms with van der Waals surface area (Å²) in [5.74, 6) is 2.77. The van der Waals surface area contributed by atoms with E-state index in [2.05, 4.69) is 15.5 Å². The summed E-state index contributed by atoms with van der Waals surface area (Å²) in [5, 5.41) is 6.96. The zero-order chi connectivity index (χ0) is 18.9. The molecular weight excluding hydrogens is 358 g/mol. The molecule has 1 aromatic heterocycles. The molecule has 0 saturated heterocycles. The van der Waals surface area contributed by atoms with Crippen molar-refractivity contribution < 1.29 is 18.8 Å². The van der Waals surface area contributed by atoms with Crippen LogP contribution in [0.2, 0.25) is 0 Å². The van der Waals surface area contributed by atoms with Gasteiger partial charge in [0.1, 0.15) is 0 Å². The van der Waals surface area contributed by atoms with Gasteiger partial charge in [-0.2, -0.15) is 4.98 Å². The van der Waals surface area contributed by atoms with Crippen molar-refractivity contribution in [2.45, 2.75) is 31.6 Å². The minimum atomic E-state index is -0.204. The highest BCUT2D eigenvalue weighted by atomic mass is 16.7. The molecule has 0 radical (unpaired) electrons. The molecule has 1 N–H and O–H groups in total. The fourth-order valence-electron chi connectivity index (χ4n) is 3.64. The van der Waals surface area contributed by atoms with E-state index in [0.717, 1.165) is 24.3 Å². The zero-order valence-corrected chi connectivity index (χ0v) is 15.2. The van der Waals surface area contributed by atoms with Crippen LogP contribution in [-0.4, -0.2) is 22.8 Å². The predicted molar refractivity (Wildman–Crippen MR) is 101 cm³/mol. The second-order valence-electron chi connectivity index (χ2n) is 7.04. The van der Waals surface area contributed by atoms with Gasteiger partial charge in [0.2, 0.25) is 18.5 Å². The van der Waals surface area contributed by atoms with Crippen LogP contribution in [0.3, 0.4) is 0 Å². The number of fused-ring (bicyclic) bond motifs is 1. The molecule has 2 aromatic carbocycles. The number of amides is 1. The Hall–Kier alpha value is -3.35. The van der Waals surface area contributed by atoms with E-state index in [-0.39, 0.29) is 12.7 Å². The molecule has 1 fully saturated rings. The lowest BCUT2D eigenvalue weighted by atomic mass is 10.1. The molecule has 7 nitrogen and oxygen atoms in total. The van der Waals surface area contributed by atoms with Crippen LogP contribution in [0.5, 0.6) is 11.5 Å². The molecule has 0 bridgehead atoms. The first-order valence-electron chi connectivity index (χ1n) is 9.41. The maximum absolute atomic E-state index is 12.5. The average molecular weight is 377 g/mol. The fourth-order valence-corrected chi connectivity index (χ4v) is 3.64. The third-order valence-electron chi connectivity index (χ3n) is 5.18. The molecule has 2 heterocycles. The number of aromatic nitrogens is 2. The molecule has 7 heteroatoms. The highest BCUT2D eigenvalue weighted by molar-refractivity contribution is 6.04. The summed E-state index contributed by atoms with van der Waals surface area (Å²) >= 11 is 0. The average Bonchev–Trinajstić information content (AvgIpc) is 3.48. The largest absolute Gasteiger partial charge is 0.454 e. The standard InChI is InChI=1S/C21H19N3O4/c25-20(22-16-9-10-17-18(11-16)27-12-26-17)14-7-5-13(6-8-14)19-23-21(28-24-19)15-3-1-2-4-15/h5-11,15H,1-4,12H2,(H,22,25). The SMILES string of the molecule is O=C(Nc1ccc2c(c1)OCO2)c1ccc(-c2noc(C3CCCC3)n2)cc1. The van der Waals surface area contributed by atoms with Gasteiger partial charge in [0, 0.05) is 28.8 Å². The van der Waals surface area contributed by atoms with Gasteiger partial charge in [-0.15, -0.1) is 0 Å². The summed E-state index contributed by atoms with van der Waals surface area (Å²) in [6.07, 6.45) is 4.66. The molecule has 28 heavy (non-hydrogen) atoms. The lowest BCUT2D eigenvalue weighted by Gasteiger charge is -2.06. The maximum Gasteiger partial charge on any atom is 0.255 e. The van der Waals surface area contributed by atoms with Crippen molar-refractivity contribution in [1.82, 2.24) is 10.1 Å². The highest BCUT2D eigenvalue weighted by Crippen LogP contribution is 2.35. The van der Waals surface area contributed by atoms with E-state index < -0.39 is 0 Å². The molecule has 2 aliphatic rings. The van der Waals surface area contributed by atoms with Crippen LogP contribution in [0.4, 0.5) is 5.69 Å². The van der Waals surface area contributed by atoms with Gasteiger partial charge in [-0.3, -0.25) is 4.79 Å². The molecule has 0 unspecified atom stereocenters. The van der Waals surface area contributed by atoms with Crippen LogP contribution in [-0.2, 0) is 0 Å². The highest BCUT2D eigenvalue weighted by Gasteiger charge is 2.23. The summed E-state index contributed by atoms with van der Waals surface area (Å²) in [4.78, 5) is 17.0. The Balaban J connectivity index is 1.28. The van der Waals surface area contributed by atoms with Crippen molar-refractivity contribution >= 4 is 11.6 Å². The first-order valence-corrected chi connectivity index (χ1v) is 9.41. The van der Waals surface area contributed by atoms with Crippen molar-refractivity contribution in [1.29, 1.82) is 0 Å². The Bertz CT molecular complexity index is 1010. The van der Waals surface area contributed by atoms with Crippen LogP contribution in [0.1, 0.15) is 47.8 Å². The van der Waals surface area contributed by atoms with E-state index in [0.29, 0.717) is 34.5 Å². The molecule has 1 aliphatic carbocycles. The van der Waals surface area contributed by atoms with E-state index in [1.165, 1.54) is 12.8 Å². The molecule has 1 saturated carbocycles. The Labute approximate surface area is 161 Å². The van der Waals surface area contributed by atoms with Gasteiger partial charge in [-0.05, 0) is 37.1 Å². The minimum absolute atomic E-state index is 0.201. The molecule has 1 aliphatic heterocycles. The number of nitrogens with one attached hydrogen (secondary N) is 1. The van der Waals surface area contributed by atoms with E-state index in [4.69, 9.17) is 14.0 Å². The van der Waals surface area contributed by atoms with Crippen LogP contribution in [0.15, 0.2) is 47.0 Å². The van der Waals surface area contributed by atoms with E-state index in [1.54, 1.807) is 30.3 Å². The number of ether oxygens (including phenoxy) is 2. The van der Waals surface area contributed by atoms with Crippen LogP contribution >= 0.6 is 0 Å². The zero-order valence-electron chi connectivity index (χ0n) is 15.2. The fraction of sp³-hybridized carbons (Fsp3) is 0.286. The molecule has 1 amide bonds. The van der Waals surface area contributed by atoms with Crippen molar-refractivity contribution in [2.24, 2.45) is 0 Å². The van der Waals surface area contributed by atoms with Gasteiger partial charge in [0.05, 0.1) is 0 Å². The third kappa shape index (κ3) is 3.19. The number of hydrogen-bond donors (Lipinski definition) is 1. The Morgan fingerprint density at radius 2 is 1.79 bits per heavy atom. The van der Waals surface area contributed by atoms with Gasteiger partial charge in [-0.25, -0.2) is 0 Å². The maximum atomic E-state index is 12.5. The molecule has 142 valence electrons. The molecular formula is C21H19N3O4. The van der Waals surface area contributed by atoms with Crippen LogP contribution in [0, 0.1) is 0 Å². The van der Waals surface area contributed by atoms with Crippen LogP contribution in [0.25, 0.3) is 11.4 Å². The number of benzene rings is 2. The number of nitrogens with zero attached hydrogens (tertiary/aromatic N) is 2. The summed E-state index contributed by atoms with van der Waals surface area (Å²) in [6.45, 7) is 0.201. The van der Waals surface area contributed by atoms with E-state index >= 15 is 0 Å². The molecule has 5 rings (SSSR count). The molecule has 0 atom stereocenters. The van der Waals surface area contributed by atoms with Crippen molar-refractivity contribution in [3.8, 4) is 22.9 Å². The monoisotopic (exact) mass is 377 g/mol. The Morgan fingerprint density at radius 3 is 2.61 bits per heavy atom. The number of carbonyl (C=O) groups excluding carboxylic acids is 1. The number of rotatable bonds is 4. The lowest BCUT2D eigenvalue weighted by Crippen LogP contribution is -2.11. The number of carbonyl (C=O) groups is 1. The van der Waals surface area contributed by atoms with Crippen molar-refractivity contribution in [3.05, 3.63) is 53.9 Å². The molecule has 0 spiro atoms. The first kappa shape index (κ1) is 16.8. The summed E-state index contributed by atoms with van der Waals surface area (Å²) < 4.78 is 16.0. The van der Waals surface area contributed by atoms with Crippen LogP contribution < -0.4 is 14.8 Å². The van der Waals surface area contributed by atoms with Gasteiger partial charge in [-0.1, -0.05) is 30.1 Å². The predicted octanol–water partition coefficient (Wildman–Crippen LogP) is 4.38. The van der Waals surface area contributed by atoms with Crippen molar-refractivity contribution in [3.63, 3.8) is 0 Å². The first-order chi connectivity index (χ1) is 13.8. The summed E-state index contributed by atoms with van der Waals surface area (Å²) in [5.41, 5.74) is 2.02. The smallest absolute Gasteiger partial charge is 0.255 e. The van der Waals surface area contributed by atoms with Gasteiger partial charge in [0.15, 0.2) is 11.5 Å². The second-order valence-corrected chi connectivity index (χ2v) is 7.04. The number of anilines is 1. The number of hydrogen-bond acceptors (Lipinski definition) is 6. The normalized spacial score (nSPS) is 15.7. The summed E-state index contributed by atoms with van der Waals surface area (Å²) in [6, 6.07) is 12.5. The van der Waals surface area contributed by atoms with Gasteiger partial charge in [0.25, 0.3) is 5.91 Å². The topological polar surface area (TPSA) is 86.5 Å². The minimum Gasteiger partial charge on any atom is -0.454 e. The van der Waals surface area contributed by atoms with E-state index in [1.807, 2.05) is 12.1 Å². The van der Waals surface area contributed by atoms with Crippen molar-refractivity contribution in [2.75, 3.05) is 12.1 Å². The quantitative estimate of drug-likeness (QED) is 0.726. The van der Waals surface area contributed by atoms with Gasteiger partial charge >= 0.3 is 0 Å². The van der Waals surface area contributed by atoms with E-state index in [9.17, 15) is 4.79 Å². The second kappa shape index (κ2) is 6.99. The Kier molecular flexibility index (Phi) is 4.20. The summed E-state index contributed by atoms with van der Waals surface area (Å²) in [7, 11) is 0.